The van der Waals surface area contributed by atoms with Crippen molar-refractivity contribution < 1.29 is 13.6 Å². The van der Waals surface area contributed by atoms with E-state index in [2.05, 4.69) is 0 Å². The van der Waals surface area contributed by atoms with Gasteiger partial charge in [0.1, 0.15) is 0 Å². The zero-order valence-electron chi connectivity index (χ0n) is 13.6. The number of rotatable bonds is 3. The van der Waals surface area contributed by atoms with E-state index in [1.54, 1.807) is 6.07 Å². The number of piperazine rings is 1. The molecule has 0 saturated carbocycles. The van der Waals surface area contributed by atoms with Crippen LogP contribution in [0.15, 0.2) is 42.5 Å². The van der Waals surface area contributed by atoms with Gasteiger partial charge in [0.2, 0.25) is 0 Å². The van der Waals surface area contributed by atoms with Gasteiger partial charge in [-0.05, 0) is 25.1 Å². The Hall–Kier alpha value is -2.27. The number of hydrogen-bond donors (Lipinski definition) is 0. The predicted molar refractivity (Wildman–Crippen MR) is 88.7 cm³/mol. The summed E-state index contributed by atoms with van der Waals surface area (Å²) < 4.78 is 27.0. The quantitative estimate of drug-likeness (QED) is 0.863. The molecule has 24 heavy (non-hydrogen) atoms. The second-order valence-corrected chi connectivity index (χ2v) is 6.15. The molecule has 0 aromatic heterocycles. The lowest BCUT2D eigenvalue weighted by molar-refractivity contribution is 0.0627. The molecule has 1 aliphatic heterocycles. The number of carbonyl (C=O) groups is 1. The Kier molecular flexibility index (Phi) is 4.90. The van der Waals surface area contributed by atoms with Crippen LogP contribution in [0.3, 0.4) is 0 Å². The summed E-state index contributed by atoms with van der Waals surface area (Å²) in [6.07, 6.45) is 0. The predicted octanol–water partition coefficient (Wildman–Crippen LogP) is 3.23. The zero-order valence-corrected chi connectivity index (χ0v) is 13.6. The molecule has 3 rings (SSSR count). The average molecular weight is 330 g/mol. The number of nitrogens with zero attached hydrogens (tertiary/aromatic N) is 2. The van der Waals surface area contributed by atoms with Crippen LogP contribution in [0.25, 0.3) is 0 Å². The first-order valence-corrected chi connectivity index (χ1v) is 8.06. The average Bonchev–Trinajstić information content (AvgIpc) is 2.60. The normalized spacial score (nSPS) is 15.5. The summed E-state index contributed by atoms with van der Waals surface area (Å²) in [4.78, 5) is 16.3. The number of aryl methyl sites for hydroxylation is 1. The topological polar surface area (TPSA) is 23.6 Å². The first-order chi connectivity index (χ1) is 11.5. The summed E-state index contributed by atoms with van der Waals surface area (Å²) in [6.45, 7) is 4.81. The third-order valence-corrected chi connectivity index (χ3v) is 4.38. The Balaban J connectivity index is 1.58. The van der Waals surface area contributed by atoms with E-state index in [4.69, 9.17) is 0 Å². The van der Waals surface area contributed by atoms with Crippen LogP contribution < -0.4 is 0 Å². The van der Waals surface area contributed by atoms with Crippen LogP contribution >= 0.6 is 0 Å². The minimum Gasteiger partial charge on any atom is -0.336 e. The standard InChI is InChI=1S/C19H20F2N2O/c1-14-5-7-15(8-6-14)19(24)23-11-9-22(10-12-23)13-16-3-2-4-17(20)18(16)21/h2-8H,9-13H2,1H3. The van der Waals surface area contributed by atoms with Crippen LogP contribution in [0.4, 0.5) is 8.78 Å². The van der Waals surface area contributed by atoms with Crippen LogP contribution in [0, 0.1) is 18.6 Å². The van der Waals surface area contributed by atoms with Crippen molar-refractivity contribution in [1.82, 2.24) is 9.80 Å². The first-order valence-electron chi connectivity index (χ1n) is 8.06. The van der Waals surface area contributed by atoms with Crippen molar-refractivity contribution in [2.24, 2.45) is 0 Å². The molecule has 2 aromatic carbocycles. The Morgan fingerprint density at radius 2 is 1.67 bits per heavy atom. The summed E-state index contributed by atoms with van der Waals surface area (Å²) in [5.41, 5.74) is 2.16. The van der Waals surface area contributed by atoms with E-state index in [0.29, 0.717) is 43.9 Å². The molecule has 126 valence electrons. The lowest BCUT2D eigenvalue weighted by atomic mass is 10.1. The largest absolute Gasteiger partial charge is 0.336 e. The van der Waals surface area contributed by atoms with E-state index in [0.717, 1.165) is 11.6 Å². The van der Waals surface area contributed by atoms with Crippen LogP contribution in [-0.2, 0) is 6.54 Å². The van der Waals surface area contributed by atoms with Gasteiger partial charge in [-0.2, -0.15) is 0 Å². The van der Waals surface area contributed by atoms with Gasteiger partial charge in [-0.15, -0.1) is 0 Å². The molecule has 0 N–H and O–H groups in total. The Bertz CT molecular complexity index is 723. The van der Waals surface area contributed by atoms with Crippen LogP contribution in [0.5, 0.6) is 0 Å². The number of hydrogen-bond acceptors (Lipinski definition) is 2. The Labute approximate surface area is 140 Å². The van der Waals surface area contributed by atoms with E-state index in [1.165, 1.54) is 6.07 Å². The summed E-state index contributed by atoms with van der Waals surface area (Å²) in [5, 5.41) is 0. The SMILES string of the molecule is Cc1ccc(C(=O)N2CCN(Cc3cccc(F)c3F)CC2)cc1. The van der Waals surface area contributed by atoms with Gasteiger partial charge in [-0.1, -0.05) is 29.8 Å². The maximum absolute atomic E-state index is 13.7. The molecule has 0 spiro atoms. The Morgan fingerprint density at radius 1 is 1.00 bits per heavy atom. The zero-order chi connectivity index (χ0) is 17.1. The maximum Gasteiger partial charge on any atom is 0.253 e. The third-order valence-electron chi connectivity index (χ3n) is 4.38. The number of benzene rings is 2. The van der Waals surface area contributed by atoms with E-state index >= 15 is 0 Å². The molecule has 2 aromatic rings. The fourth-order valence-electron chi connectivity index (χ4n) is 2.90. The van der Waals surface area contributed by atoms with Crippen molar-refractivity contribution in [3.8, 4) is 0 Å². The number of halogens is 2. The molecule has 5 heteroatoms. The second kappa shape index (κ2) is 7.09. The minimum atomic E-state index is -0.819. The Morgan fingerprint density at radius 3 is 2.33 bits per heavy atom. The van der Waals surface area contributed by atoms with Crippen LogP contribution in [0.2, 0.25) is 0 Å². The molecule has 1 heterocycles. The second-order valence-electron chi connectivity index (χ2n) is 6.15. The highest BCUT2D eigenvalue weighted by molar-refractivity contribution is 5.94. The third kappa shape index (κ3) is 3.62. The lowest BCUT2D eigenvalue weighted by Gasteiger charge is -2.34. The highest BCUT2D eigenvalue weighted by atomic mass is 19.2. The molecule has 1 aliphatic rings. The molecule has 0 aliphatic carbocycles. The van der Waals surface area contributed by atoms with Gasteiger partial charge in [-0.3, -0.25) is 9.69 Å². The summed E-state index contributed by atoms with van der Waals surface area (Å²) in [5.74, 6) is -1.58. The smallest absolute Gasteiger partial charge is 0.253 e. The van der Waals surface area contributed by atoms with Gasteiger partial charge in [0.25, 0.3) is 5.91 Å². The molecule has 0 radical (unpaired) electrons. The summed E-state index contributed by atoms with van der Waals surface area (Å²) in [7, 11) is 0. The van der Waals surface area contributed by atoms with Crippen LogP contribution in [0.1, 0.15) is 21.5 Å². The van der Waals surface area contributed by atoms with Crippen molar-refractivity contribution in [2.45, 2.75) is 13.5 Å². The molecule has 1 amide bonds. The van der Waals surface area contributed by atoms with Crippen molar-refractivity contribution in [1.29, 1.82) is 0 Å². The van der Waals surface area contributed by atoms with Gasteiger partial charge in [0.15, 0.2) is 11.6 Å². The lowest BCUT2D eigenvalue weighted by Crippen LogP contribution is -2.48. The molecule has 0 unspecified atom stereocenters. The molecule has 3 nitrogen and oxygen atoms in total. The minimum absolute atomic E-state index is 0.0200. The van der Waals surface area contributed by atoms with Crippen molar-refractivity contribution in [2.75, 3.05) is 26.2 Å². The fourth-order valence-corrected chi connectivity index (χ4v) is 2.90. The molecular weight excluding hydrogens is 310 g/mol. The van der Waals surface area contributed by atoms with E-state index < -0.39 is 11.6 Å². The molecule has 0 atom stereocenters. The number of amides is 1. The first kappa shape index (κ1) is 16.6. The van der Waals surface area contributed by atoms with Gasteiger partial charge < -0.3 is 4.90 Å². The fraction of sp³-hybridized carbons (Fsp3) is 0.316. The molecule has 1 saturated heterocycles. The molecule has 1 fully saturated rings. The number of carbonyl (C=O) groups excluding carboxylic acids is 1. The molecular formula is C19H20F2N2O. The van der Waals surface area contributed by atoms with E-state index in [9.17, 15) is 13.6 Å². The van der Waals surface area contributed by atoms with Crippen LogP contribution in [-0.4, -0.2) is 41.9 Å². The van der Waals surface area contributed by atoms with Crippen molar-refractivity contribution in [3.63, 3.8) is 0 Å². The van der Waals surface area contributed by atoms with Gasteiger partial charge in [0.05, 0.1) is 0 Å². The van der Waals surface area contributed by atoms with Crippen molar-refractivity contribution >= 4 is 5.91 Å². The summed E-state index contributed by atoms with van der Waals surface area (Å²) in [6, 6.07) is 11.8. The maximum atomic E-state index is 13.7. The highest BCUT2D eigenvalue weighted by Crippen LogP contribution is 2.16. The summed E-state index contributed by atoms with van der Waals surface area (Å²) >= 11 is 0. The van der Waals surface area contributed by atoms with E-state index in [1.807, 2.05) is 41.0 Å². The van der Waals surface area contributed by atoms with Gasteiger partial charge in [-0.25, -0.2) is 8.78 Å². The van der Waals surface area contributed by atoms with Gasteiger partial charge in [0, 0.05) is 43.9 Å². The van der Waals surface area contributed by atoms with Crippen molar-refractivity contribution in [3.05, 3.63) is 70.8 Å². The monoisotopic (exact) mass is 330 g/mol. The molecule has 0 bridgehead atoms. The highest BCUT2D eigenvalue weighted by Gasteiger charge is 2.23. The van der Waals surface area contributed by atoms with E-state index in [-0.39, 0.29) is 5.91 Å². The van der Waals surface area contributed by atoms with Gasteiger partial charge >= 0.3 is 0 Å².